The second-order valence-electron chi connectivity index (χ2n) is 6.46. The number of hydrogen-bond acceptors (Lipinski definition) is 3. The molecule has 164 valence electrons. The Balaban J connectivity index is 1.82. The zero-order valence-corrected chi connectivity index (χ0v) is 16.3. The van der Waals surface area contributed by atoms with Gasteiger partial charge in [-0.3, -0.25) is 9.59 Å². The normalized spacial score (nSPS) is 11.6. The minimum absolute atomic E-state index is 0.156. The number of anilines is 1. The molecule has 0 radical (unpaired) electrons. The third-order valence-electron chi connectivity index (χ3n) is 4.03. The van der Waals surface area contributed by atoms with Gasteiger partial charge in [0.15, 0.2) is 0 Å². The smallest absolute Gasteiger partial charge is 0.406 e. The van der Waals surface area contributed by atoms with Crippen LogP contribution in [-0.2, 0) is 4.79 Å². The van der Waals surface area contributed by atoms with Crippen molar-refractivity contribution < 1.29 is 31.9 Å². The molecule has 3 aromatic carbocycles. The van der Waals surface area contributed by atoms with Gasteiger partial charge in [-0.15, -0.1) is 13.2 Å². The van der Waals surface area contributed by atoms with Gasteiger partial charge in [0.05, 0.1) is 0 Å². The largest absolute Gasteiger partial charge is 0.573 e. The van der Waals surface area contributed by atoms with E-state index in [1.54, 1.807) is 30.3 Å². The molecule has 3 aromatic rings. The summed E-state index contributed by atoms with van der Waals surface area (Å²) in [6.07, 6.45) is -3.56. The summed E-state index contributed by atoms with van der Waals surface area (Å²) in [6.45, 7) is 0. The van der Waals surface area contributed by atoms with Gasteiger partial charge in [-0.2, -0.15) is 0 Å². The monoisotopic (exact) mass is 444 g/mol. The average Bonchev–Trinajstić information content (AvgIpc) is 2.74. The minimum atomic E-state index is -4.84. The lowest BCUT2D eigenvalue weighted by Crippen LogP contribution is -2.30. The first-order valence-electron chi connectivity index (χ1n) is 9.20. The van der Waals surface area contributed by atoms with Crippen molar-refractivity contribution in [2.75, 3.05) is 5.32 Å². The summed E-state index contributed by atoms with van der Waals surface area (Å²) in [4.78, 5) is 25.3. The number of carbonyl (C=O) groups excluding carboxylic acids is 2. The van der Waals surface area contributed by atoms with E-state index < -0.39 is 29.7 Å². The number of ether oxygens (including phenoxy) is 1. The number of carbonyl (C=O) groups is 2. The van der Waals surface area contributed by atoms with E-state index in [1.807, 2.05) is 0 Å². The second kappa shape index (κ2) is 9.78. The van der Waals surface area contributed by atoms with E-state index in [2.05, 4.69) is 15.4 Å². The summed E-state index contributed by atoms with van der Waals surface area (Å²) >= 11 is 0. The molecule has 0 saturated heterocycles. The highest BCUT2D eigenvalue weighted by atomic mass is 19.4. The van der Waals surface area contributed by atoms with E-state index in [0.717, 1.165) is 12.1 Å². The topological polar surface area (TPSA) is 67.4 Å². The molecule has 5 nitrogen and oxygen atoms in total. The van der Waals surface area contributed by atoms with Crippen LogP contribution in [0, 0.1) is 5.82 Å². The highest BCUT2D eigenvalue weighted by molar-refractivity contribution is 6.10. The quantitative estimate of drug-likeness (QED) is 0.409. The summed E-state index contributed by atoms with van der Waals surface area (Å²) in [5.74, 6) is -2.32. The molecule has 0 aliphatic carbocycles. The average molecular weight is 444 g/mol. The van der Waals surface area contributed by atoms with Gasteiger partial charge in [-0.25, -0.2) is 4.39 Å². The summed E-state index contributed by atoms with van der Waals surface area (Å²) in [6, 6.07) is 18.0. The molecule has 0 bridgehead atoms. The van der Waals surface area contributed by atoms with Gasteiger partial charge < -0.3 is 15.4 Å². The van der Waals surface area contributed by atoms with Crippen molar-refractivity contribution in [1.82, 2.24) is 5.32 Å². The van der Waals surface area contributed by atoms with E-state index >= 15 is 0 Å². The Hall–Kier alpha value is -4.14. The van der Waals surface area contributed by atoms with Crippen molar-refractivity contribution >= 4 is 23.6 Å². The van der Waals surface area contributed by atoms with Gasteiger partial charge in [0.1, 0.15) is 17.3 Å². The number of alkyl halides is 3. The van der Waals surface area contributed by atoms with Gasteiger partial charge in [0, 0.05) is 11.3 Å². The molecule has 2 amide bonds. The Morgan fingerprint density at radius 3 is 2.19 bits per heavy atom. The third-order valence-corrected chi connectivity index (χ3v) is 4.03. The van der Waals surface area contributed by atoms with Crippen LogP contribution in [0.15, 0.2) is 84.6 Å². The van der Waals surface area contributed by atoms with Crippen LogP contribution >= 0.6 is 0 Å². The summed E-state index contributed by atoms with van der Waals surface area (Å²) in [5.41, 5.74) is 0.570. The zero-order valence-electron chi connectivity index (χ0n) is 16.3. The van der Waals surface area contributed by atoms with Crippen molar-refractivity contribution in [3.05, 3.63) is 102 Å². The predicted octanol–water partition coefficient (Wildman–Crippen LogP) is 5.13. The predicted molar refractivity (Wildman–Crippen MR) is 110 cm³/mol. The minimum Gasteiger partial charge on any atom is -0.406 e. The van der Waals surface area contributed by atoms with Gasteiger partial charge in [-0.1, -0.05) is 30.3 Å². The first-order chi connectivity index (χ1) is 15.2. The van der Waals surface area contributed by atoms with Crippen LogP contribution in [-0.4, -0.2) is 18.2 Å². The van der Waals surface area contributed by atoms with E-state index in [0.29, 0.717) is 11.1 Å². The summed E-state index contributed by atoms with van der Waals surface area (Å²) < 4.78 is 54.2. The number of halogens is 4. The first-order valence-corrected chi connectivity index (χ1v) is 9.20. The van der Waals surface area contributed by atoms with E-state index in [-0.39, 0.29) is 11.4 Å². The van der Waals surface area contributed by atoms with Crippen LogP contribution in [0.1, 0.15) is 15.9 Å². The van der Waals surface area contributed by atoms with Crippen LogP contribution in [0.25, 0.3) is 6.08 Å². The summed E-state index contributed by atoms with van der Waals surface area (Å²) in [5, 5.41) is 4.95. The van der Waals surface area contributed by atoms with Gasteiger partial charge in [0.2, 0.25) is 0 Å². The standard InChI is InChI=1S/C23H16F4N2O3/c24-17-8-4-5-15(13-17)14-20(29-21(30)16-6-2-1-3-7-16)22(31)28-18-9-11-19(12-10-18)32-23(25,26)27/h1-14H,(H,28,31)(H,29,30). The Morgan fingerprint density at radius 1 is 0.875 bits per heavy atom. The number of amides is 2. The van der Waals surface area contributed by atoms with E-state index in [4.69, 9.17) is 0 Å². The summed E-state index contributed by atoms with van der Waals surface area (Å²) in [7, 11) is 0. The van der Waals surface area contributed by atoms with Gasteiger partial charge >= 0.3 is 6.36 Å². The molecule has 0 atom stereocenters. The third kappa shape index (κ3) is 6.69. The molecule has 0 heterocycles. The van der Waals surface area contributed by atoms with Crippen molar-refractivity contribution in [1.29, 1.82) is 0 Å². The van der Waals surface area contributed by atoms with Crippen LogP contribution < -0.4 is 15.4 Å². The molecular formula is C23H16F4N2O3. The molecule has 9 heteroatoms. The zero-order chi connectivity index (χ0) is 23.1. The van der Waals surface area contributed by atoms with Gasteiger partial charge in [0.25, 0.3) is 11.8 Å². The fourth-order valence-corrected chi connectivity index (χ4v) is 2.64. The Morgan fingerprint density at radius 2 is 1.56 bits per heavy atom. The van der Waals surface area contributed by atoms with Crippen molar-refractivity contribution in [2.45, 2.75) is 6.36 Å². The fraction of sp³-hybridized carbons (Fsp3) is 0.0435. The number of hydrogen-bond donors (Lipinski definition) is 2. The maximum atomic E-state index is 13.5. The highest BCUT2D eigenvalue weighted by Gasteiger charge is 2.31. The second-order valence-corrected chi connectivity index (χ2v) is 6.46. The fourth-order valence-electron chi connectivity index (χ4n) is 2.64. The van der Waals surface area contributed by atoms with Crippen LogP contribution in [0.2, 0.25) is 0 Å². The van der Waals surface area contributed by atoms with E-state index in [9.17, 15) is 27.2 Å². The molecule has 0 aliphatic heterocycles. The lowest BCUT2D eigenvalue weighted by Gasteiger charge is -2.12. The lowest BCUT2D eigenvalue weighted by molar-refractivity contribution is -0.274. The molecule has 0 spiro atoms. The van der Waals surface area contributed by atoms with Crippen LogP contribution in [0.3, 0.4) is 0 Å². The van der Waals surface area contributed by atoms with Gasteiger partial charge in [-0.05, 0) is 60.2 Å². The Labute approximate surface area is 180 Å². The molecule has 0 aliphatic rings. The SMILES string of the molecule is O=C(Nc1ccc(OC(F)(F)F)cc1)C(=Cc1cccc(F)c1)NC(=O)c1ccccc1. The van der Waals surface area contributed by atoms with Crippen LogP contribution in [0.4, 0.5) is 23.2 Å². The van der Waals surface area contributed by atoms with Crippen molar-refractivity contribution in [2.24, 2.45) is 0 Å². The maximum Gasteiger partial charge on any atom is 0.573 e. The van der Waals surface area contributed by atoms with Crippen molar-refractivity contribution in [3.63, 3.8) is 0 Å². The Bertz CT molecular complexity index is 1130. The molecule has 0 aromatic heterocycles. The maximum absolute atomic E-state index is 13.5. The Kier molecular flexibility index (Phi) is 6.89. The molecule has 0 unspecified atom stereocenters. The number of benzene rings is 3. The molecule has 0 saturated carbocycles. The lowest BCUT2D eigenvalue weighted by atomic mass is 10.1. The number of rotatable bonds is 6. The molecule has 2 N–H and O–H groups in total. The molecule has 32 heavy (non-hydrogen) atoms. The first kappa shape index (κ1) is 22.5. The van der Waals surface area contributed by atoms with Crippen molar-refractivity contribution in [3.8, 4) is 5.75 Å². The molecular weight excluding hydrogens is 428 g/mol. The number of nitrogens with one attached hydrogen (secondary N) is 2. The molecule has 3 rings (SSSR count). The van der Waals surface area contributed by atoms with Crippen LogP contribution in [0.5, 0.6) is 5.75 Å². The van der Waals surface area contributed by atoms with E-state index in [1.165, 1.54) is 42.5 Å². The highest BCUT2D eigenvalue weighted by Crippen LogP contribution is 2.24. The molecule has 0 fully saturated rings.